The molecule has 0 saturated heterocycles. The van der Waals surface area contributed by atoms with Gasteiger partial charge in [-0.1, -0.05) is 23.2 Å². The molecule has 2 N–H and O–H groups in total. The molecule has 3 rings (SSSR count). The van der Waals surface area contributed by atoms with E-state index in [2.05, 4.69) is 9.44 Å². The summed E-state index contributed by atoms with van der Waals surface area (Å²) in [5, 5.41) is 0.539. The SMILES string of the molecule is CC(C)OP(=O)(OC(C)C)c1cc(NS(=O)(=O)c2ccc(Cl)cc2)ccc1NS(=O)(=O)c1ccc(Cl)cc1. The molecular formula is C24H27Cl2N2O7PS2. The molecule has 3 aromatic rings. The predicted octanol–water partition coefficient (Wildman–Crippen LogP) is 6.26. The van der Waals surface area contributed by atoms with E-state index in [1.807, 2.05) is 0 Å². The average Bonchev–Trinajstić information content (AvgIpc) is 2.79. The predicted molar refractivity (Wildman–Crippen MR) is 151 cm³/mol. The molecule has 3 aromatic carbocycles. The van der Waals surface area contributed by atoms with Crippen LogP contribution in [0.25, 0.3) is 0 Å². The molecule has 0 saturated carbocycles. The van der Waals surface area contributed by atoms with Crippen molar-refractivity contribution in [3.8, 4) is 0 Å². The quantitative estimate of drug-likeness (QED) is 0.242. The molecule has 0 heterocycles. The molecule has 0 atom stereocenters. The van der Waals surface area contributed by atoms with E-state index in [4.69, 9.17) is 32.2 Å². The number of anilines is 2. The van der Waals surface area contributed by atoms with E-state index in [-0.39, 0.29) is 26.5 Å². The number of benzene rings is 3. The first-order valence-electron chi connectivity index (χ1n) is 11.3. The van der Waals surface area contributed by atoms with E-state index in [9.17, 15) is 21.4 Å². The highest BCUT2D eigenvalue weighted by Crippen LogP contribution is 2.51. The molecule has 9 nitrogen and oxygen atoms in total. The summed E-state index contributed by atoms with van der Waals surface area (Å²) in [7, 11) is -12.4. The summed E-state index contributed by atoms with van der Waals surface area (Å²) < 4.78 is 82.4. The van der Waals surface area contributed by atoms with Crippen molar-refractivity contribution in [1.82, 2.24) is 0 Å². The Labute approximate surface area is 233 Å². The lowest BCUT2D eigenvalue weighted by Gasteiger charge is -2.25. The van der Waals surface area contributed by atoms with Gasteiger partial charge in [-0.25, -0.2) is 16.8 Å². The average molecular weight is 622 g/mol. The van der Waals surface area contributed by atoms with Crippen LogP contribution in [0, 0.1) is 0 Å². The van der Waals surface area contributed by atoms with Gasteiger partial charge in [0.1, 0.15) is 0 Å². The second kappa shape index (κ2) is 12.0. The first-order valence-corrected chi connectivity index (χ1v) is 16.6. The monoisotopic (exact) mass is 620 g/mol. The molecule has 0 aliphatic carbocycles. The topological polar surface area (TPSA) is 128 Å². The summed E-state index contributed by atoms with van der Waals surface area (Å²) in [5.41, 5.74) is -0.108. The molecule has 0 aliphatic rings. The largest absolute Gasteiger partial charge is 0.364 e. The van der Waals surface area contributed by atoms with Crippen LogP contribution in [0.1, 0.15) is 27.7 Å². The van der Waals surface area contributed by atoms with Crippen LogP contribution in [0.5, 0.6) is 0 Å². The van der Waals surface area contributed by atoms with Crippen LogP contribution in [0.4, 0.5) is 11.4 Å². The van der Waals surface area contributed by atoms with Crippen LogP contribution in [0.2, 0.25) is 10.0 Å². The molecule has 0 amide bonds. The molecule has 206 valence electrons. The first-order chi connectivity index (χ1) is 17.6. The zero-order valence-electron chi connectivity index (χ0n) is 20.9. The van der Waals surface area contributed by atoms with Gasteiger partial charge in [0.25, 0.3) is 20.0 Å². The standard InChI is InChI=1S/C24H27Cl2N2O7PS2/c1-16(2)34-36(29,35-17(3)4)24-15-20(27-37(30,31)21-10-5-18(25)6-11-21)9-14-23(24)28-38(32,33)22-12-7-19(26)8-13-22/h5-17,27-28H,1-4H3. The van der Waals surface area contributed by atoms with Crippen molar-refractivity contribution in [2.75, 3.05) is 9.44 Å². The first kappa shape index (κ1) is 30.4. The molecule has 0 aromatic heterocycles. The zero-order valence-corrected chi connectivity index (χ0v) is 24.9. The maximum atomic E-state index is 14.1. The highest BCUT2D eigenvalue weighted by atomic mass is 35.5. The summed E-state index contributed by atoms with van der Waals surface area (Å²) in [4.78, 5) is -0.152. The maximum absolute atomic E-state index is 14.1. The lowest BCUT2D eigenvalue weighted by molar-refractivity contribution is 0.150. The van der Waals surface area contributed by atoms with Crippen LogP contribution in [-0.4, -0.2) is 29.0 Å². The van der Waals surface area contributed by atoms with Gasteiger partial charge in [-0.3, -0.25) is 14.0 Å². The third-order valence-electron chi connectivity index (χ3n) is 4.74. The van der Waals surface area contributed by atoms with Gasteiger partial charge in [-0.15, -0.1) is 0 Å². The Kier molecular flexibility index (Phi) is 9.58. The minimum absolute atomic E-state index is 0.00401. The highest BCUT2D eigenvalue weighted by molar-refractivity contribution is 7.93. The minimum Gasteiger partial charge on any atom is -0.302 e. The fraction of sp³-hybridized carbons (Fsp3) is 0.250. The molecular weight excluding hydrogens is 594 g/mol. The molecule has 0 fully saturated rings. The minimum atomic E-state index is -4.18. The Morgan fingerprint density at radius 2 is 1.11 bits per heavy atom. The van der Waals surface area contributed by atoms with Crippen molar-refractivity contribution < 1.29 is 30.4 Å². The summed E-state index contributed by atoms with van der Waals surface area (Å²) in [6.45, 7) is 6.56. The van der Waals surface area contributed by atoms with Crippen molar-refractivity contribution in [1.29, 1.82) is 0 Å². The summed E-state index contributed by atoms with van der Waals surface area (Å²) in [6.07, 6.45) is -1.15. The Balaban J connectivity index is 2.12. The second-order valence-electron chi connectivity index (χ2n) is 8.66. The van der Waals surface area contributed by atoms with E-state index in [0.717, 1.165) is 0 Å². The van der Waals surface area contributed by atoms with E-state index >= 15 is 0 Å². The summed E-state index contributed by atoms with van der Waals surface area (Å²) in [6, 6.07) is 14.8. The van der Waals surface area contributed by atoms with Crippen LogP contribution >= 0.6 is 30.8 Å². The summed E-state index contributed by atoms with van der Waals surface area (Å²) >= 11 is 11.7. The Hall–Kier alpha value is -2.11. The Bertz CT molecular complexity index is 1530. The number of nitrogens with one attached hydrogen (secondary N) is 2. The van der Waals surface area contributed by atoms with Crippen molar-refractivity contribution in [2.45, 2.75) is 49.7 Å². The van der Waals surface area contributed by atoms with E-state index in [0.29, 0.717) is 10.0 Å². The van der Waals surface area contributed by atoms with Crippen LogP contribution in [0.15, 0.2) is 76.5 Å². The second-order valence-corrected chi connectivity index (χ2v) is 14.8. The number of hydrogen-bond donors (Lipinski definition) is 2. The number of hydrogen-bond acceptors (Lipinski definition) is 7. The summed E-state index contributed by atoms with van der Waals surface area (Å²) in [5.74, 6) is 0. The van der Waals surface area contributed by atoms with Crippen LogP contribution in [-0.2, 0) is 33.7 Å². The third kappa shape index (κ3) is 7.72. The van der Waals surface area contributed by atoms with Gasteiger partial charge < -0.3 is 9.05 Å². The van der Waals surface area contributed by atoms with Crippen molar-refractivity contribution in [2.24, 2.45) is 0 Å². The number of sulfonamides is 2. The van der Waals surface area contributed by atoms with Gasteiger partial charge >= 0.3 is 7.60 Å². The lowest BCUT2D eigenvalue weighted by Crippen LogP contribution is -2.24. The van der Waals surface area contributed by atoms with E-state index in [1.165, 1.54) is 66.7 Å². The molecule has 14 heteroatoms. The molecule has 0 radical (unpaired) electrons. The smallest absolute Gasteiger partial charge is 0.302 e. The molecule has 38 heavy (non-hydrogen) atoms. The van der Waals surface area contributed by atoms with Gasteiger partial charge in [0.05, 0.1) is 33.0 Å². The van der Waals surface area contributed by atoms with Gasteiger partial charge in [0, 0.05) is 15.7 Å². The van der Waals surface area contributed by atoms with E-state index < -0.39 is 39.9 Å². The molecule has 0 bridgehead atoms. The van der Waals surface area contributed by atoms with Crippen LogP contribution in [0.3, 0.4) is 0 Å². The normalized spacial score (nSPS) is 12.6. The molecule has 0 unspecified atom stereocenters. The van der Waals surface area contributed by atoms with Gasteiger partial charge in [-0.05, 0) is 94.4 Å². The zero-order chi connectivity index (χ0) is 28.3. The van der Waals surface area contributed by atoms with Crippen molar-refractivity contribution >= 4 is 67.5 Å². The maximum Gasteiger partial charge on any atom is 0.364 e. The molecule has 0 spiro atoms. The van der Waals surface area contributed by atoms with E-state index in [1.54, 1.807) is 27.7 Å². The highest BCUT2D eigenvalue weighted by Gasteiger charge is 2.35. The van der Waals surface area contributed by atoms with Crippen molar-refractivity contribution in [3.63, 3.8) is 0 Å². The Morgan fingerprint density at radius 3 is 1.53 bits per heavy atom. The lowest BCUT2D eigenvalue weighted by atomic mass is 10.3. The van der Waals surface area contributed by atoms with Crippen molar-refractivity contribution in [3.05, 3.63) is 76.8 Å². The van der Waals surface area contributed by atoms with Gasteiger partial charge in [0.15, 0.2) is 0 Å². The fourth-order valence-electron chi connectivity index (χ4n) is 3.25. The number of rotatable bonds is 11. The molecule has 0 aliphatic heterocycles. The number of halogens is 2. The fourth-order valence-corrected chi connectivity index (χ4v) is 7.81. The Morgan fingerprint density at radius 1 is 0.684 bits per heavy atom. The third-order valence-corrected chi connectivity index (χ3v) is 10.4. The van der Waals surface area contributed by atoms with Gasteiger partial charge in [-0.2, -0.15) is 0 Å². The van der Waals surface area contributed by atoms with Crippen LogP contribution < -0.4 is 14.7 Å². The van der Waals surface area contributed by atoms with Gasteiger partial charge in [0.2, 0.25) is 0 Å².